The normalized spacial score (nSPS) is 10.4. The van der Waals surface area contributed by atoms with Gasteiger partial charge in [-0.2, -0.15) is 0 Å². The van der Waals surface area contributed by atoms with Crippen molar-refractivity contribution in [2.45, 2.75) is 6.92 Å². The Balaban J connectivity index is 3.07. The number of methoxy groups -OCH3 is 2. The fraction of sp³-hybridized carbons (Fsp3) is 0.273. The fourth-order valence-corrected chi connectivity index (χ4v) is 1.14. The number of hydrogen-bond donors (Lipinski definition) is 0. The second-order valence-electron chi connectivity index (χ2n) is 2.61. The molecule has 2 nitrogen and oxygen atoms in total. The first-order chi connectivity index (χ1) is 6.31. The Morgan fingerprint density at radius 1 is 1.15 bits per heavy atom. The molecule has 1 aromatic rings. The van der Waals surface area contributed by atoms with Crippen molar-refractivity contribution < 1.29 is 9.47 Å². The summed E-state index contributed by atoms with van der Waals surface area (Å²) < 4.78 is 10.3. The van der Waals surface area contributed by atoms with Crippen LogP contribution in [0, 0.1) is 0 Å². The highest BCUT2D eigenvalue weighted by atomic mass is 16.5. The molecule has 0 aliphatic carbocycles. The summed E-state index contributed by atoms with van der Waals surface area (Å²) in [4.78, 5) is 0. The maximum atomic E-state index is 5.21. The Kier molecular flexibility index (Phi) is 3.38. The molecule has 0 bridgehead atoms. The molecular weight excluding hydrogens is 164 g/mol. The van der Waals surface area contributed by atoms with Gasteiger partial charge in [0.25, 0.3) is 0 Å². The van der Waals surface area contributed by atoms with Gasteiger partial charge in [-0.25, -0.2) is 0 Å². The van der Waals surface area contributed by atoms with E-state index in [1.54, 1.807) is 14.2 Å². The highest BCUT2D eigenvalue weighted by Crippen LogP contribution is 2.25. The van der Waals surface area contributed by atoms with Gasteiger partial charge in [0, 0.05) is 11.6 Å². The smallest absolute Gasteiger partial charge is 0.129 e. The van der Waals surface area contributed by atoms with Gasteiger partial charge in [0.05, 0.1) is 14.2 Å². The van der Waals surface area contributed by atoms with E-state index in [9.17, 15) is 0 Å². The summed E-state index contributed by atoms with van der Waals surface area (Å²) in [6.07, 6.45) is 3.97. The Hall–Kier alpha value is -1.44. The second-order valence-corrected chi connectivity index (χ2v) is 2.61. The molecule has 2 heteroatoms. The van der Waals surface area contributed by atoms with Crippen molar-refractivity contribution in [2.75, 3.05) is 14.2 Å². The maximum absolute atomic E-state index is 5.21. The zero-order valence-electron chi connectivity index (χ0n) is 8.20. The Morgan fingerprint density at radius 2 is 1.92 bits per heavy atom. The Bertz CT molecular complexity index is 303. The minimum Gasteiger partial charge on any atom is -0.497 e. The minimum absolute atomic E-state index is 0.810. The Morgan fingerprint density at radius 3 is 2.46 bits per heavy atom. The van der Waals surface area contributed by atoms with Gasteiger partial charge in [-0.1, -0.05) is 12.2 Å². The summed E-state index contributed by atoms with van der Waals surface area (Å²) in [5.74, 6) is 1.64. The van der Waals surface area contributed by atoms with Gasteiger partial charge >= 0.3 is 0 Å². The van der Waals surface area contributed by atoms with Crippen LogP contribution < -0.4 is 9.47 Å². The molecule has 0 heterocycles. The molecule has 0 saturated carbocycles. The lowest BCUT2D eigenvalue weighted by Gasteiger charge is -2.06. The fourth-order valence-electron chi connectivity index (χ4n) is 1.14. The van der Waals surface area contributed by atoms with E-state index in [0.717, 1.165) is 17.1 Å². The lowest BCUT2D eigenvalue weighted by Crippen LogP contribution is -1.89. The summed E-state index contributed by atoms with van der Waals surface area (Å²) in [6, 6.07) is 5.75. The molecule has 0 spiro atoms. The monoisotopic (exact) mass is 178 g/mol. The van der Waals surface area contributed by atoms with E-state index in [0.29, 0.717) is 0 Å². The van der Waals surface area contributed by atoms with Crippen LogP contribution in [0.2, 0.25) is 0 Å². The minimum atomic E-state index is 0.810. The van der Waals surface area contributed by atoms with Crippen molar-refractivity contribution in [1.82, 2.24) is 0 Å². The van der Waals surface area contributed by atoms with Crippen LogP contribution in [-0.4, -0.2) is 14.2 Å². The van der Waals surface area contributed by atoms with Gasteiger partial charge < -0.3 is 9.47 Å². The topological polar surface area (TPSA) is 18.5 Å². The van der Waals surface area contributed by atoms with E-state index in [4.69, 9.17) is 9.47 Å². The van der Waals surface area contributed by atoms with Gasteiger partial charge in [-0.3, -0.25) is 0 Å². The number of benzene rings is 1. The first kappa shape index (κ1) is 9.65. The Labute approximate surface area is 78.8 Å². The van der Waals surface area contributed by atoms with Crippen LogP contribution in [0.1, 0.15) is 12.5 Å². The van der Waals surface area contributed by atoms with Gasteiger partial charge in [0.1, 0.15) is 11.5 Å². The molecule has 0 amide bonds. The van der Waals surface area contributed by atoms with Crippen LogP contribution in [-0.2, 0) is 0 Å². The van der Waals surface area contributed by atoms with Crippen molar-refractivity contribution in [2.24, 2.45) is 0 Å². The van der Waals surface area contributed by atoms with E-state index in [1.165, 1.54) is 0 Å². The summed E-state index contributed by atoms with van der Waals surface area (Å²) >= 11 is 0. The molecule has 0 N–H and O–H groups in total. The summed E-state index contributed by atoms with van der Waals surface area (Å²) in [7, 11) is 3.30. The number of hydrogen-bond acceptors (Lipinski definition) is 2. The molecular formula is C11H14O2. The van der Waals surface area contributed by atoms with E-state index >= 15 is 0 Å². The summed E-state index contributed by atoms with van der Waals surface area (Å²) in [5.41, 5.74) is 1.06. The molecule has 0 atom stereocenters. The van der Waals surface area contributed by atoms with Crippen molar-refractivity contribution in [3.8, 4) is 11.5 Å². The molecule has 0 radical (unpaired) electrons. The quantitative estimate of drug-likeness (QED) is 0.708. The zero-order valence-corrected chi connectivity index (χ0v) is 8.20. The van der Waals surface area contributed by atoms with Crippen molar-refractivity contribution in [3.05, 3.63) is 29.8 Å². The molecule has 0 aromatic heterocycles. The molecule has 13 heavy (non-hydrogen) atoms. The van der Waals surface area contributed by atoms with Gasteiger partial charge in [-0.15, -0.1) is 0 Å². The van der Waals surface area contributed by atoms with E-state index in [1.807, 2.05) is 37.3 Å². The van der Waals surface area contributed by atoms with Gasteiger partial charge in [0.15, 0.2) is 0 Å². The first-order valence-corrected chi connectivity index (χ1v) is 4.16. The molecule has 0 fully saturated rings. The predicted molar refractivity (Wildman–Crippen MR) is 54.3 cm³/mol. The van der Waals surface area contributed by atoms with Crippen molar-refractivity contribution in [3.63, 3.8) is 0 Å². The van der Waals surface area contributed by atoms with Crippen LogP contribution in [0.3, 0.4) is 0 Å². The van der Waals surface area contributed by atoms with E-state index < -0.39 is 0 Å². The van der Waals surface area contributed by atoms with E-state index in [-0.39, 0.29) is 0 Å². The average molecular weight is 178 g/mol. The number of ether oxygens (including phenoxy) is 2. The molecule has 1 aromatic carbocycles. The molecule has 70 valence electrons. The third kappa shape index (κ3) is 2.25. The first-order valence-electron chi connectivity index (χ1n) is 4.16. The van der Waals surface area contributed by atoms with Gasteiger partial charge in [0.2, 0.25) is 0 Å². The molecule has 0 aliphatic rings. The third-order valence-electron chi connectivity index (χ3n) is 1.79. The average Bonchev–Trinajstić information content (AvgIpc) is 2.19. The largest absolute Gasteiger partial charge is 0.497 e. The van der Waals surface area contributed by atoms with Crippen LogP contribution in [0.4, 0.5) is 0 Å². The number of rotatable bonds is 3. The SMILES string of the molecule is CC=Cc1ccc(OC)cc1OC. The highest BCUT2D eigenvalue weighted by molar-refractivity contribution is 5.58. The van der Waals surface area contributed by atoms with E-state index in [2.05, 4.69) is 0 Å². The molecule has 0 unspecified atom stereocenters. The summed E-state index contributed by atoms with van der Waals surface area (Å²) in [5, 5.41) is 0. The molecule has 1 rings (SSSR count). The van der Waals surface area contributed by atoms with Crippen LogP contribution >= 0.6 is 0 Å². The third-order valence-corrected chi connectivity index (χ3v) is 1.79. The highest BCUT2D eigenvalue weighted by Gasteiger charge is 2.00. The van der Waals surface area contributed by atoms with Crippen LogP contribution in [0.5, 0.6) is 11.5 Å². The lowest BCUT2D eigenvalue weighted by atomic mass is 10.2. The summed E-state index contributed by atoms with van der Waals surface area (Å²) in [6.45, 7) is 1.98. The zero-order chi connectivity index (χ0) is 9.68. The standard InChI is InChI=1S/C11H14O2/c1-4-5-9-6-7-10(12-2)8-11(9)13-3/h4-8H,1-3H3. The molecule has 0 saturated heterocycles. The lowest BCUT2D eigenvalue weighted by molar-refractivity contribution is 0.394. The van der Waals surface area contributed by atoms with Crippen molar-refractivity contribution in [1.29, 1.82) is 0 Å². The maximum Gasteiger partial charge on any atom is 0.129 e. The number of allylic oxidation sites excluding steroid dienone is 1. The van der Waals surface area contributed by atoms with Crippen molar-refractivity contribution >= 4 is 6.08 Å². The van der Waals surface area contributed by atoms with Crippen LogP contribution in [0.25, 0.3) is 6.08 Å². The second kappa shape index (κ2) is 4.55. The van der Waals surface area contributed by atoms with Gasteiger partial charge in [-0.05, 0) is 19.1 Å². The molecule has 0 aliphatic heterocycles. The predicted octanol–water partition coefficient (Wildman–Crippen LogP) is 2.74. The van der Waals surface area contributed by atoms with Crippen LogP contribution in [0.15, 0.2) is 24.3 Å².